The molecular formula is C15H23NO2. The fourth-order valence-corrected chi connectivity index (χ4v) is 1.85. The molecule has 0 aliphatic rings. The maximum absolute atomic E-state index is 11.8. The van der Waals surface area contributed by atoms with Gasteiger partial charge >= 0.3 is 5.97 Å². The first-order valence-corrected chi connectivity index (χ1v) is 6.30. The van der Waals surface area contributed by atoms with E-state index in [1.165, 1.54) is 5.56 Å². The molecule has 1 unspecified atom stereocenters. The van der Waals surface area contributed by atoms with Crippen LogP contribution in [-0.4, -0.2) is 18.1 Å². The van der Waals surface area contributed by atoms with E-state index in [0.29, 0.717) is 13.0 Å². The summed E-state index contributed by atoms with van der Waals surface area (Å²) < 4.78 is 5.33. The van der Waals surface area contributed by atoms with Crippen molar-refractivity contribution >= 4 is 5.97 Å². The Hall–Kier alpha value is -1.35. The Kier molecular flexibility index (Phi) is 4.91. The molecule has 100 valence electrons. The van der Waals surface area contributed by atoms with Crippen molar-refractivity contribution in [1.82, 2.24) is 0 Å². The number of ether oxygens (including phenoxy) is 1. The van der Waals surface area contributed by atoms with Crippen LogP contribution in [-0.2, 0) is 9.53 Å². The molecule has 3 nitrogen and oxygen atoms in total. The highest BCUT2D eigenvalue weighted by Gasteiger charge is 2.20. The lowest BCUT2D eigenvalue weighted by Crippen LogP contribution is -2.26. The highest BCUT2D eigenvalue weighted by molar-refractivity contribution is 5.71. The van der Waals surface area contributed by atoms with Gasteiger partial charge < -0.3 is 10.5 Å². The van der Waals surface area contributed by atoms with Crippen LogP contribution >= 0.6 is 0 Å². The zero-order valence-corrected chi connectivity index (χ0v) is 11.7. The summed E-state index contributed by atoms with van der Waals surface area (Å²) >= 11 is 0. The summed E-state index contributed by atoms with van der Waals surface area (Å²) in [7, 11) is 0. The van der Waals surface area contributed by atoms with Crippen LogP contribution in [0.3, 0.4) is 0 Å². The first kappa shape index (κ1) is 14.7. The van der Waals surface area contributed by atoms with Gasteiger partial charge in [0.05, 0.1) is 6.42 Å². The number of benzene rings is 1. The van der Waals surface area contributed by atoms with Crippen LogP contribution in [0.2, 0.25) is 0 Å². The van der Waals surface area contributed by atoms with Crippen molar-refractivity contribution in [3.8, 4) is 0 Å². The van der Waals surface area contributed by atoms with Crippen LogP contribution in [0.1, 0.15) is 44.2 Å². The van der Waals surface area contributed by atoms with E-state index in [-0.39, 0.29) is 11.9 Å². The first-order chi connectivity index (χ1) is 8.31. The van der Waals surface area contributed by atoms with Gasteiger partial charge in [0.2, 0.25) is 0 Å². The zero-order chi connectivity index (χ0) is 13.8. The molecule has 0 aromatic heterocycles. The minimum absolute atomic E-state index is 0.0275. The fraction of sp³-hybridized carbons (Fsp3) is 0.533. The summed E-state index contributed by atoms with van der Waals surface area (Å²) in [5.41, 5.74) is 7.59. The topological polar surface area (TPSA) is 52.3 Å². The van der Waals surface area contributed by atoms with Crippen molar-refractivity contribution in [3.05, 3.63) is 35.4 Å². The standard InChI is InChI=1S/C15H23NO2/c1-11-6-5-7-12(8-11)13(10-16)9-14(17)18-15(2,3)4/h5-8,13H,9-10,16H2,1-4H3. The van der Waals surface area contributed by atoms with Gasteiger partial charge in [-0.25, -0.2) is 0 Å². The Morgan fingerprint density at radius 3 is 2.56 bits per heavy atom. The maximum atomic E-state index is 11.8. The van der Waals surface area contributed by atoms with Gasteiger partial charge in [-0.05, 0) is 39.8 Å². The molecule has 0 radical (unpaired) electrons. The predicted octanol–water partition coefficient (Wildman–Crippen LogP) is 2.77. The molecule has 3 heteroatoms. The molecule has 2 N–H and O–H groups in total. The minimum Gasteiger partial charge on any atom is -0.460 e. The molecular weight excluding hydrogens is 226 g/mol. The smallest absolute Gasteiger partial charge is 0.306 e. The number of rotatable bonds is 4. The highest BCUT2D eigenvalue weighted by atomic mass is 16.6. The van der Waals surface area contributed by atoms with Crippen LogP contribution in [0, 0.1) is 6.92 Å². The normalized spacial score (nSPS) is 13.2. The third-order valence-electron chi connectivity index (χ3n) is 2.63. The Bertz CT molecular complexity index is 407. The second-order valence-corrected chi connectivity index (χ2v) is 5.64. The molecule has 0 aliphatic carbocycles. The van der Waals surface area contributed by atoms with Crippen molar-refractivity contribution < 1.29 is 9.53 Å². The van der Waals surface area contributed by atoms with Gasteiger partial charge in [0.25, 0.3) is 0 Å². The highest BCUT2D eigenvalue weighted by Crippen LogP contribution is 2.21. The Balaban J connectivity index is 2.71. The van der Waals surface area contributed by atoms with Crippen molar-refractivity contribution in [2.24, 2.45) is 5.73 Å². The lowest BCUT2D eigenvalue weighted by atomic mass is 9.94. The molecule has 1 aromatic rings. The van der Waals surface area contributed by atoms with Crippen LogP contribution < -0.4 is 5.73 Å². The number of aryl methyl sites for hydroxylation is 1. The molecule has 0 fully saturated rings. The Morgan fingerprint density at radius 2 is 2.06 bits per heavy atom. The molecule has 0 saturated carbocycles. The van der Waals surface area contributed by atoms with Gasteiger partial charge in [-0.2, -0.15) is 0 Å². The van der Waals surface area contributed by atoms with E-state index in [1.807, 2.05) is 45.9 Å². The Morgan fingerprint density at radius 1 is 1.39 bits per heavy atom. The van der Waals surface area contributed by atoms with Gasteiger partial charge in [-0.1, -0.05) is 29.8 Å². The second kappa shape index (κ2) is 6.01. The van der Waals surface area contributed by atoms with E-state index in [2.05, 4.69) is 6.07 Å². The number of carbonyl (C=O) groups excluding carboxylic acids is 1. The number of hydrogen-bond donors (Lipinski definition) is 1. The fourth-order valence-electron chi connectivity index (χ4n) is 1.85. The first-order valence-electron chi connectivity index (χ1n) is 6.30. The van der Waals surface area contributed by atoms with E-state index < -0.39 is 5.60 Å². The van der Waals surface area contributed by atoms with E-state index in [4.69, 9.17) is 10.5 Å². The number of hydrogen-bond acceptors (Lipinski definition) is 3. The van der Waals surface area contributed by atoms with E-state index >= 15 is 0 Å². The molecule has 0 heterocycles. The van der Waals surface area contributed by atoms with Gasteiger partial charge in [0.15, 0.2) is 0 Å². The van der Waals surface area contributed by atoms with Crippen LogP contribution in [0.5, 0.6) is 0 Å². The predicted molar refractivity (Wildman–Crippen MR) is 73.4 cm³/mol. The van der Waals surface area contributed by atoms with Crippen LogP contribution in [0.15, 0.2) is 24.3 Å². The molecule has 1 atom stereocenters. The third kappa shape index (κ3) is 4.88. The zero-order valence-electron chi connectivity index (χ0n) is 11.7. The third-order valence-corrected chi connectivity index (χ3v) is 2.63. The van der Waals surface area contributed by atoms with Crippen LogP contribution in [0.25, 0.3) is 0 Å². The van der Waals surface area contributed by atoms with Gasteiger partial charge in [0.1, 0.15) is 5.60 Å². The largest absolute Gasteiger partial charge is 0.460 e. The van der Waals surface area contributed by atoms with Crippen LogP contribution in [0.4, 0.5) is 0 Å². The molecule has 0 bridgehead atoms. The quantitative estimate of drug-likeness (QED) is 0.835. The monoisotopic (exact) mass is 249 g/mol. The van der Waals surface area contributed by atoms with Gasteiger partial charge in [-0.3, -0.25) is 4.79 Å². The summed E-state index contributed by atoms with van der Waals surface area (Å²) in [6, 6.07) is 8.10. The van der Waals surface area contributed by atoms with Crippen molar-refractivity contribution in [1.29, 1.82) is 0 Å². The summed E-state index contributed by atoms with van der Waals surface area (Å²) in [5.74, 6) is -0.167. The molecule has 0 saturated heterocycles. The summed E-state index contributed by atoms with van der Waals surface area (Å²) in [6.07, 6.45) is 0.331. The van der Waals surface area contributed by atoms with Gasteiger partial charge in [-0.15, -0.1) is 0 Å². The molecule has 18 heavy (non-hydrogen) atoms. The summed E-state index contributed by atoms with van der Waals surface area (Å²) in [4.78, 5) is 11.8. The number of carbonyl (C=O) groups is 1. The maximum Gasteiger partial charge on any atom is 0.306 e. The molecule has 0 amide bonds. The van der Waals surface area contributed by atoms with E-state index in [1.54, 1.807) is 0 Å². The average Bonchev–Trinajstić information content (AvgIpc) is 2.23. The van der Waals surface area contributed by atoms with E-state index in [0.717, 1.165) is 5.56 Å². The van der Waals surface area contributed by atoms with Crippen molar-refractivity contribution in [3.63, 3.8) is 0 Å². The summed E-state index contributed by atoms with van der Waals surface area (Å²) in [5, 5.41) is 0. The molecule has 0 aliphatic heterocycles. The Labute approximate surface area is 109 Å². The number of nitrogens with two attached hydrogens (primary N) is 1. The van der Waals surface area contributed by atoms with E-state index in [9.17, 15) is 4.79 Å². The molecule has 1 aromatic carbocycles. The van der Waals surface area contributed by atoms with Crippen molar-refractivity contribution in [2.75, 3.05) is 6.54 Å². The molecule has 0 spiro atoms. The lowest BCUT2D eigenvalue weighted by molar-refractivity contribution is -0.155. The number of esters is 1. The molecule has 1 rings (SSSR count). The lowest BCUT2D eigenvalue weighted by Gasteiger charge is -2.22. The SMILES string of the molecule is Cc1cccc(C(CN)CC(=O)OC(C)(C)C)c1. The minimum atomic E-state index is -0.442. The second-order valence-electron chi connectivity index (χ2n) is 5.64. The average molecular weight is 249 g/mol. The van der Waals surface area contributed by atoms with Crippen molar-refractivity contribution in [2.45, 2.75) is 45.6 Å². The van der Waals surface area contributed by atoms with Gasteiger partial charge in [0, 0.05) is 5.92 Å². The summed E-state index contributed by atoms with van der Waals surface area (Å²) in [6.45, 7) is 8.09.